The van der Waals surface area contributed by atoms with Gasteiger partial charge in [-0.1, -0.05) is 98.6 Å². The van der Waals surface area contributed by atoms with Gasteiger partial charge in [-0.05, 0) is 66.1 Å². The summed E-state index contributed by atoms with van der Waals surface area (Å²) in [6.45, 7) is 11.2. The van der Waals surface area contributed by atoms with Gasteiger partial charge in [-0.2, -0.15) is 13.0 Å². The molecule has 0 bridgehead atoms. The van der Waals surface area contributed by atoms with Gasteiger partial charge >= 0.3 is 5.90 Å². The van der Waals surface area contributed by atoms with Gasteiger partial charge in [-0.3, -0.25) is 4.55 Å². The average molecular weight is 666 g/mol. The second-order valence-corrected chi connectivity index (χ2v) is 14.2. The van der Waals surface area contributed by atoms with Crippen LogP contribution in [0.25, 0.3) is 21.9 Å². The number of hydrogen-bond donors (Lipinski definition) is 1. The van der Waals surface area contributed by atoms with E-state index in [-0.39, 0.29) is 22.9 Å². The minimum atomic E-state index is -4.39. The van der Waals surface area contributed by atoms with Gasteiger partial charge in [0.1, 0.15) is 4.90 Å². The first kappa shape index (κ1) is 33.2. The third kappa shape index (κ3) is 7.00. The largest absolute Gasteiger partial charge is 0.441 e. The van der Waals surface area contributed by atoms with E-state index in [0.717, 1.165) is 53.8 Å². The van der Waals surface area contributed by atoms with Gasteiger partial charge < -0.3 is 4.74 Å². The number of allylic oxidation sites excluding steroid dienone is 1. The fourth-order valence-electron chi connectivity index (χ4n) is 6.68. The van der Waals surface area contributed by atoms with E-state index >= 15 is 0 Å². The van der Waals surface area contributed by atoms with Gasteiger partial charge in [-0.15, -0.1) is 6.58 Å². The zero-order valence-electron chi connectivity index (χ0n) is 25.9. The topological polar surface area (TPSA) is 66.6 Å². The Morgan fingerprint density at radius 3 is 2.44 bits per heavy atom. The molecule has 5 rings (SSSR count). The highest BCUT2D eigenvalue weighted by molar-refractivity contribution is 7.86. The number of ether oxygens (including phenoxy) is 1. The van der Waals surface area contributed by atoms with Gasteiger partial charge in [0.05, 0.1) is 12.3 Å². The van der Waals surface area contributed by atoms with Gasteiger partial charge in [-0.25, -0.2) is 0 Å². The lowest BCUT2D eigenvalue weighted by molar-refractivity contribution is -0.609. The zero-order valence-corrected chi connectivity index (χ0v) is 28.2. The molecule has 3 atom stereocenters. The molecule has 8 heteroatoms. The van der Waals surface area contributed by atoms with E-state index in [1.54, 1.807) is 12.1 Å². The summed E-state index contributed by atoms with van der Waals surface area (Å²) in [7, 11) is -4.39. The molecule has 0 saturated carbocycles. The summed E-state index contributed by atoms with van der Waals surface area (Å²) in [5, 5.41) is 2.44. The summed E-state index contributed by atoms with van der Waals surface area (Å²) >= 11 is 13.5. The maximum absolute atomic E-state index is 12.1. The van der Waals surface area contributed by atoms with Crippen LogP contribution in [0.15, 0.2) is 96.4 Å². The zero-order chi connectivity index (χ0) is 32.3. The number of hydrogen-bond acceptors (Lipinski definition) is 3. The lowest BCUT2D eigenvalue weighted by Crippen LogP contribution is -2.37. The van der Waals surface area contributed by atoms with E-state index in [0.29, 0.717) is 33.3 Å². The molecule has 0 saturated heterocycles. The van der Waals surface area contributed by atoms with Crippen molar-refractivity contribution in [3.8, 4) is 11.1 Å². The molecule has 45 heavy (non-hydrogen) atoms. The molecule has 4 aromatic carbocycles. The van der Waals surface area contributed by atoms with Crippen molar-refractivity contribution in [3.05, 3.63) is 113 Å². The van der Waals surface area contributed by atoms with Crippen LogP contribution in [0.1, 0.15) is 69.5 Å². The maximum atomic E-state index is 12.1. The van der Waals surface area contributed by atoms with E-state index in [4.69, 9.17) is 27.9 Å². The van der Waals surface area contributed by atoms with Crippen LogP contribution in [0.2, 0.25) is 10.0 Å². The molecule has 0 spiro atoms. The highest BCUT2D eigenvalue weighted by atomic mass is 35.5. The number of benzene rings is 4. The van der Waals surface area contributed by atoms with Crippen molar-refractivity contribution < 1.29 is 22.3 Å². The molecular weight excluding hydrogens is 625 g/mol. The summed E-state index contributed by atoms with van der Waals surface area (Å²) in [5.74, 6) is 1.34. The monoisotopic (exact) mass is 664 g/mol. The summed E-state index contributed by atoms with van der Waals surface area (Å²) in [5.41, 5.74) is 4.02. The van der Waals surface area contributed by atoms with E-state index in [1.807, 2.05) is 48.5 Å². The number of nitrogens with zero attached hydrogens (tertiary/aromatic N) is 1. The van der Waals surface area contributed by atoms with Crippen LogP contribution in [-0.2, 0) is 14.9 Å². The standard InChI is InChI=1S/C37H39Cl2NO4S/c1-5-7-8-12-31(37(25-16-19-28(38)20-17-25)40-33(24(3)4)23-44-35(40)6-2)30-13-10-14-32(39)36(30)27-18-21-29-26(22-27)11-9-15-34(29)45(41,42)43/h5,9-11,13-22,24,31,33,37H,1,6-8,12,23H2,2-4H3/p+1/t31?,33-,37-/m1/s1. The molecule has 4 aromatic rings. The number of fused-ring (bicyclic) bond motifs is 1. The van der Waals surface area contributed by atoms with Crippen LogP contribution in [0.4, 0.5) is 0 Å². The van der Waals surface area contributed by atoms with E-state index in [9.17, 15) is 13.0 Å². The van der Waals surface area contributed by atoms with Crippen LogP contribution in [0, 0.1) is 5.92 Å². The third-order valence-corrected chi connectivity index (χ3v) is 10.3. The second-order valence-electron chi connectivity index (χ2n) is 12.0. The van der Waals surface area contributed by atoms with Crippen molar-refractivity contribution in [2.75, 3.05) is 6.61 Å². The van der Waals surface area contributed by atoms with Crippen molar-refractivity contribution in [3.63, 3.8) is 0 Å². The highest BCUT2D eigenvalue weighted by Crippen LogP contribution is 2.46. The van der Waals surface area contributed by atoms with Crippen molar-refractivity contribution in [2.24, 2.45) is 5.92 Å². The Hall–Kier alpha value is -3.16. The molecule has 0 fully saturated rings. The molecule has 236 valence electrons. The Morgan fingerprint density at radius 2 is 1.78 bits per heavy atom. The van der Waals surface area contributed by atoms with Gasteiger partial charge in [0, 0.05) is 32.5 Å². The van der Waals surface area contributed by atoms with Crippen LogP contribution >= 0.6 is 23.2 Å². The summed E-state index contributed by atoms with van der Waals surface area (Å²) in [6, 6.07) is 24.8. The van der Waals surface area contributed by atoms with E-state index < -0.39 is 10.1 Å². The third-order valence-electron chi connectivity index (χ3n) is 8.81. The Balaban J connectivity index is 1.77. The van der Waals surface area contributed by atoms with Crippen LogP contribution in [0.5, 0.6) is 0 Å². The van der Waals surface area contributed by atoms with Crippen molar-refractivity contribution in [1.29, 1.82) is 0 Å². The molecule has 5 nitrogen and oxygen atoms in total. The number of halogens is 2. The molecule has 0 aliphatic carbocycles. The van der Waals surface area contributed by atoms with Gasteiger partial charge in [0.25, 0.3) is 10.1 Å². The highest BCUT2D eigenvalue weighted by Gasteiger charge is 2.46. The molecular formula is C37H40Cl2NO4S+. The van der Waals surface area contributed by atoms with Crippen molar-refractivity contribution >= 4 is 50.0 Å². The lowest BCUT2D eigenvalue weighted by atomic mass is 9.79. The minimum absolute atomic E-state index is 0.00387. The Morgan fingerprint density at radius 1 is 1.04 bits per heavy atom. The van der Waals surface area contributed by atoms with Gasteiger partial charge in [0.2, 0.25) is 0 Å². The smallest absolute Gasteiger partial charge is 0.337 e. The molecule has 1 heterocycles. The SMILES string of the molecule is C=CCCCC(c1cccc(Cl)c1-c1ccc2c(S(=O)(=O)O)cccc2c1)[C@@H](c1ccc(Cl)cc1)[N+]1=C(CC)OC[C@@H]1C(C)C. The summed E-state index contributed by atoms with van der Waals surface area (Å²) in [4.78, 5) is -0.118. The van der Waals surface area contributed by atoms with Crippen molar-refractivity contribution in [2.45, 2.75) is 69.4 Å². The number of unbranched alkanes of at least 4 members (excludes halogenated alkanes) is 1. The van der Waals surface area contributed by atoms with Crippen LogP contribution in [-0.4, -0.2) is 36.1 Å². The predicted molar refractivity (Wildman–Crippen MR) is 185 cm³/mol. The van der Waals surface area contributed by atoms with Crippen molar-refractivity contribution in [1.82, 2.24) is 0 Å². The first-order valence-electron chi connectivity index (χ1n) is 15.5. The summed E-state index contributed by atoms with van der Waals surface area (Å²) in [6.07, 6.45) is 5.41. The number of rotatable bonds is 12. The molecule has 0 aromatic heterocycles. The molecule has 1 aliphatic heterocycles. The second kappa shape index (κ2) is 14.1. The fourth-order valence-corrected chi connectivity index (χ4v) is 7.81. The Kier molecular flexibility index (Phi) is 10.4. The first-order valence-corrected chi connectivity index (χ1v) is 17.7. The quantitative estimate of drug-likeness (QED) is 0.0708. The normalized spacial score (nSPS) is 16.6. The molecule has 0 radical (unpaired) electrons. The predicted octanol–water partition coefficient (Wildman–Crippen LogP) is 10.1. The first-order chi connectivity index (χ1) is 21.5. The fraction of sp³-hybridized carbons (Fsp3) is 0.324. The Bertz CT molecular complexity index is 1830. The Labute approximate surface area is 276 Å². The molecule has 1 aliphatic rings. The van der Waals surface area contributed by atoms with Crippen LogP contribution < -0.4 is 0 Å². The average Bonchev–Trinajstić information content (AvgIpc) is 3.44. The summed E-state index contributed by atoms with van der Waals surface area (Å²) < 4.78 is 42.9. The van der Waals surface area contributed by atoms with Crippen LogP contribution in [0.3, 0.4) is 0 Å². The van der Waals surface area contributed by atoms with E-state index in [1.165, 1.54) is 6.07 Å². The minimum Gasteiger partial charge on any atom is -0.441 e. The lowest BCUT2D eigenvalue weighted by Gasteiger charge is -2.30. The maximum Gasteiger partial charge on any atom is 0.337 e. The molecule has 1 N–H and O–H groups in total. The van der Waals surface area contributed by atoms with E-state index in [2.05, 4.69) is 50.1 Å². The molecule has 0 amide bonds. The van der Waals surface area contributed by atoms with Gasteiger partial charge in [0.15, 0.2) is 18.7 Å². The molecule has 1 unspecified atom stereocenters.